The van der Waals surface area contributed by atoms with E-state index in [1.165, 1.54) is 0 Å². The first kappa shape index (κ1) is 21.9. The van der Waals surface area contributed by atoms with Gasteiger partial charge in [0, 0.05) is 55.2 Å². The van der Waals surface area contributed by atoms with Gasteiger partial charge in [0.05, 0.1) is 5.69 Å². The molecule has 0 saturated carbocycles. The number of carbonyl (C=O) groups excluding carboxylic acids is 1. The molecule has 4 rings (SSSR count). The number of hydrogen-bond donors (Lipinski definition) is 1. The molecule has 0 unspecified atom stereocenters. The van der Waals surface area contributed by atoms with Crippen molar-refractivity contribution >= 4 is 11.9 Å². The quantitative estimate of drug-likeness (QED) is 0.640. The third-order valence-corrected chi connectivity index (χ3v) is 6.08. The van der Waals surface area contributed by atoms with Gasteiger partial charge in [-0.1, -0.05) is 13.8 Å². The van der Waals surface area contributed by atoms with E-state index >= 15 is 0 Å². The first-order valence-electron chi connectivity index (χ1n) is 11.3. The summed E-state index contributed by atoms with van der Waals surface area (Å²) < 4.78 is 1.76. The van der Waals surface area contributed by atoms with Crippen molar-refractivity contribution in [3.63, 3.8) is 0 Å². The van der Waals surface area contributed by atoms with Crippen LogP contribution in [0.5, 0.6) is 0 Å². The van der Waals surface area contributed by atoms with Crippen molar-refractivity contribution in [3.8, 4) is 11.1 Å². The topological polar surface area (TPSA) is 88.8 Å². The molecule has 0 bridgehead atoms. The molecular weight excluding hydrogens is 402 g/mol. The molecule has 4 heterocycles. The van der Waals surface area contributed by atoms with E-state index in [4.69, 9.17) is 4.98 Å². The smallest absolute Gasteiger partial charge is 0.244 e. The number of aromatic nitrogens is 5. The Hall–Kier alpha value is -3.29. The lowest BCUT2D eigenvalue weighted by atomic mass is 10.00. The lowest BCUT2D eigenvalue weighted by molar-refractivity contribution is -0.125. The average molecular weight is 434 g/mol. The molecule has 1 N–H and O–H groups in total. The van der Waals surface area contributed by atoms with Gasteiger partial charge < -0.3 is 10.2 Å². The van der Waals surface area contributed by atoms with Crippen molar-refractivity contribution in [2.45, 2.75) is 58.5 Å². The zero-order valence-corrected chi connectivity index (χ0v) is 19.2. The Morgan fingerprint density at radius 2 is 1.81 bits per heavy atom. The van der Waals surface area contributed by atoms with Crippen LogP contribution < -0.4 is 10.2 Å². The van der Waals surface area contributed by atoms with Crippen molar-refractivity contribution in [2.24, 2.45) is 0 Å². The highest BCUT2D eigenvalue weighted by Gasteiger charge is 2.26. The number of amides is 1. The Kier molecular flexibility index (Phi) is 6.48. The third-order valence-electron chi connectivity index (χ3n) is 6.08. The molecule has 0 spiro atoms. The molecule has 0 aliphatic carbocycles. The maximum Gasteiger partial charge on any atom is 0.244 e. The van der Waals surface area contributed by atoms with Gasteiger partial charge in [0.1, 0.15) is 6.04 Å². The van der Waals surface area contributed by atoms with Crippen LogP contribution in [0.15, 0.2) is 43.0 Å². The number of nitrogens with zero attached hydrogens (tertiary/aromatic N) is 6. The Balaban J connectivity index is 1.40. The highest BCUT2D eigenvalue weighted by Crippen LogP contribution is 2.29. The van der Waals surface area contributed by atoms with Gasteiger partial charge >= 0.3 is 0 Å². The predicted molar refractivity (Wildman–Crippen MR) is 124 cm³/mol. The molecule has 0 aromatic carbocycles. The summed E-state index contributed by atoms with van der Waals surface area (Å²) in [5.41, 5.74) is 4.16. The largest absolute Gasteiger partial charge is 0.351 e. The van der Waals surface area contributed by atoms with Crippen LogP contribution in [0.4, 0.5) is 5.95 Å². The van der Waals surface area contributed by atoms with Crippen LogP contribution in [0.3, 0.4) is 0 Å². The van der Waals surface area contributed by atoms with Crippen LogP contribution in [-0.2, 0) is 4.79 Å². The van der Waals surface area contributed by atoms with E-state index in [9.17, 15) is 4.79 Å². The monoisotopic (exact) mass is 433 g/mol. The minimum absolute atomic E-state index is 0.00954. The van der Waals surface area contributed by atoms with Gasteiger partial charge in [0.2, 0.25) is 11.9 Å². The second-order valence-corrected chi connectivity index (χ2v) is 8.72. The normalized spacial score (nSPS) is 15.7. The molecule has 8 nitrogen and oxygen atoms in total. The fourth-order valence-electron chi connectivity index (χ4n) is 4.17. The predicted octanol–water partition coefficient (Wildman–Crippen LogP) is 3.51. The third kappa shape index (κ3) is 4.64. The maximum absolute atomic E-state index is 12.7. The molecule has 1 saturated heterocycles. The minimum Gasteiger partial charge on any atom is -0.351 e. The van der Waals surface area contributed by atoms with Crippen LogP contribution in [-0.4, -0.2) is 49.8 Å². The lowest BCUT2D eigenvalue weighted by Crippen LogP contribution is -2.47. The van der Waals surface area contributed by atoms with Crippen molar-refractivity contribution in [3.05, 3.63) is 54.4 Å². The van der Waals surface area contributed by atoms with E-state index in [1.807, 2.05) is 38.2 Å². The SMILES string of the molecule is Cc1ccnn1[C@H](C)C(=O)NC1CCN(c2ncc(-c3ccncc3)c(C(C)C)n2)CC1. The first-order valence-corrected chi connectivity index (χ1v) is 11.3. The number of carbonyl (C=O) groups is 1. The fourth-order valence-corrected chi connectivity index (χ4v) is 4.17. The van der Waals surface area contributed by atoms with Gasteiger partial charge in [-0.05, 0) is 56.4 Å². The molecule has 168 valence electrons. The molecule has 1 fully saturated rings. The molecule has 8 heteroatoms. The van der Waals surface area contributed by atoms with Gasteiger partial charge in [-0.25, -0.2) is 9.97 Å². The molecule has 1 aliphatic rings. The van der Waals surface area contributed by atoms with Crippen molar-refractivity contribution < 1.29 is 4.79 Å². The van der Waals surface area contributed by atoms with E-state index in [0.29, 0.717) is 0 Å². The standard InChI is InChI=1S/C24H31N7O/c1-16(2)22-21(19-6-10-25-11-7-19)15-26-24(29-22)30-13-8-20(9-14-30)28-23(32)18(4)31-17(3)5-12-27-31/h5-7,10-12,15-16,18,20H,8-9,13-14H2,1-4H3,(H,28,32)/t18-/m1/s1. The maximum atomic E-state index is 12.7. The Morgan fingerprint density at radius 1 is 1.09 bits per heavy atom. The summed E-state index contributed by atoms with van der Waals surface area (Å²) in [4.78, 5) is 28.6. The number of pyridine rings is 1. The minimum atomic E-state index is -0.319. The zero-order chi connectivity index (χ0) is 22.7. The number of hydrogen-bond acceptors (Lipinski definition) is 6. The van der Waals surface area contributed by atoms with Gasteiger partial charge in [-0.15, -0.1) is 0 Å². The van der Waals surface area contributed by atoms with Crippen molar-refractivity contribution in [1.82, 2.24) is 30.0 Å². The van der Waals surface area contributed by atoms with E-state index in [0.717, 1.165) is 54.4 Å². The van der Waals surface area contributed by atoms with Crippen LogP contribution >= 0.6 is 0 Å². The molecule has 1 amide bonds. The molecule has 32 heavy (non-hydrogen) atoms. The van der Waals surface area contributed by atoms with Gasteiger partial charge in [0.15, 0.2) is 0 Å². The van der Waals surface area contributed by atoms with Crippen LogP contribution in [0.1, 0.15) is 57.0 Å². The molecule has 0 radical (unpaired) electrons. The summed E-state index contributed by atoms with van der Waals surface area (Å²) in [7, 11) is 0. The van der Waals surface area contributed by atoms with E-state index < -0.39 is 0 Å². The second kappa shape index (κ2) is 9.46. The van der Waals surface area contributed by atoms with Gasteiger partial charge in [-0.3, -0.25) is 14.5 Å². The van der Waals surface area contributed by atoms with Crippen LogP contribution in [0, 0.1) is 6.92 Å². The van der Waals surface area contributed by atoms with Crippen molar-refractivity contribution in [1.29, 1.82) is 0 Å². The number of piperidine rings is 1. The summed E-state index contributed by atoms with van der Waals surface area (Å²) >= 11 is 0. The molecule has 3 aromatic heterocycles. The van der Waals surface area contributed by atoms with Gasteiger partial charge in [-0.2, -0.15) is 5.10 Å². The molecular formula is C24H31N7O. The van der Waals surface area contributed by atoms with Crippen LogP contribution in [0.2, 0.25) is 0 Å². The molecule has 1 aliphatic heterocycles. The van der Waals surface area contributed by atoms with Crippen LogP contribution in [0.25, 0.3) is 11.1 Å². The summed E-state index contributed by atoms with van der Waals surface area (Å²) in [6, 6.07) is 5.72. The summed E-state index contributed by atoms with van der Waals surface area (Å²) in [5, 5.41) is 7.45. The Labute approximate surface area is 189 Å². The highest BCUT2D eigenvalue weighted by atomic mass is 16.2. The van der Waals surface area contributed by atoms with E-state index in [-0.39, 0.29) is 23.9 Å². The summed E-state index contributed by atoms with van der Waals surface area (Å²) in [6.07, 6.45) is 8.96. The average Bonchev–Trinajstić information content (AvgIpc) is 3.25. The summed E-state index contributed by atoms with van der Waals surface area (Å²) in [5.74, 6) is 1.05. The van der Waals surface area contributed by atoms with E-state index in [2.05, 4.69) is 39.1 Å². The number of rotatable bonds is 6. The zero-order valence-electron chi connectivity index (χ0n) is 19.2. The fraction of sp³-hybridized carbons (Fsp3) is 0.458. The van der Waals surface area contributed by atoms with E-state index in [1.54, 1.807) is 23.3 Å². The van der Waals surface area contributed by atoms with Crippen molar-refractivity contribution in [2.75, 3.05) is 18.0 Å². The summed E-state index contributed by atoms with van der Waals surface area (Å²) in [6.45, 7) is 9.78. The molecule has 3 aromatic rings. The number of nitrogens with one attached hydrogen (secondary N) is 1. The Morgan fingerprint density at radius 3 is 2.44 bits per heavy atom. The lowest BCUT2D eigenvalue weighted by Gasteiger charge is -2.33. The molecule has 1 atom stereocenters. The number of aryl methyl sites for hydroxylation is 1. The highest BCUT2D eigenvalue weighted by molar-refractivity contribution is 5.80. The second-order valence-electron chi connectivity index (χ2n) is 8.72. The number of anilines is 1. The van der Waals surface area contributed by atoms with Gasteiger partial charge in [0.25, 0.3) is 0 Å². The Bertz CT molecular complexity index is 1060. The first-order chi connectivity index (χ1) is 15.4.